The Bertz CT molecular complexity index is 807. The van der Waals surface area contributed by atoms with E-state index in [0.717, 1.165) is 41.6 Å². The molecule has 1 saturated heterocycles. The molecule has 2 aromatic rings. The first-order chi connectivity index (χ1) is 11.3. The molecule has 1 N–H and O–H groups in total. The minimum Gasteiger partial charge on any atom is -0.497 e. The highest BCUT2D eigenvalue weighted by atomic mass is 16.5. The SMILES string of the molecule is COc1ccc2c(C(=O)N3CC4(C)CC3CC(C)(C)C4)c[nH]c2c1. The number of benzene rings is 1. The van der Waals surface area contributed by atoms with Crippen molar-refractivity contribution < 1.29 is 9.53 Å². The quantitative estimate of drug-likeness (QED) is 0.898. The van der Waals surface area contributed by atoms with Gasteiger partial charge in [0.05, 0.1) is 12.7 Å². The fraction of sp³-hybridized carbons (Fsp3) is 0.550. The van der Waals surface area contributed by atoms with Crippen molar-refractivity contribution in [3.63, 3.8) is 0 Å². The van der Waals surface area contributed by atoms with E-state index in [1.54, 1.807) is 7.11 Å². The van der Waals surface area contributed by atoms with Gasteiger partial charge < -0.3 is 14.6 Å². The van der Waals surface area contributed by atoms with E-state index >= 15 is 0 Å². The zero-order chi connectivity index (χ0) is 17.1. The summed E-state index contributed by atoms with van der Waals surface area (Å²) in [7, 11) is 1.66. The Morgan fingerprint density at radius 3 is 2.83 bits per heavy atom. The Morgan fingerprint density at radius 2 is 2.08 bits per heavy atom. The van der Waals surface area contributed by atoms with Gasteiger partial charge in [-0.2, -0.15) is 0 Å². The van der Waals surface area contributed by atoms with E-state index in [9.17, 15) is 4.79 Å². The van der Waals surface area contributed by atoms with Gasteiger partial charge in [0.25, 0.3) is 5.91 Å². The topological polar surface area (TPSA) is 45.3 Å². The Labute approximate surface area is 143 Å². The van der Waals surface area contributed by atoms with E-state index in [0.29, 0.717) is 11.5 Å². The summed E-state index contributed by atoms with van der Waals surface area (Å²) >= 11 is 0. The molecule has 2 aliphatic rings. The first kappa shape index (κ1) is 15.6. The number of ether oxygens (including phenoxy) is 1. The summed E-state index contributed by atoms with van der Waals surface area (Å²) in [6.07, 6.45) is 5.29. The first-order valence-electron chi connectivity index (χ1n) is 8.76. The van der Waals surface area contributed by atoms with Crippen molar-refractivity contribution in [2.75, 3.05) is 13.7 Å². The highest BCUT2D eigenvalue weighted by Crippen LogP contribution is 2.52. The van der Waals surface area contributed by atoms with Gasteiger partial charge in [0.15, 0.2) is 0 Å². The zero-order valence-electron chi connectivity index (χ0n) is 15.0. The number of likely N-dealkylation sites (tertiary alicyclic amines) is 1. The molecule has 2 fully saturated rings. The molecule has 4 heteroatoms. The molecule has 2 unspecified atom stereocenters. The Morgan fingerprint density at radius 1 is 1.29 bits per heavy atom. The maximum absolute atomic E-state index is 13.2. The molecule has 4 rings (SSSR count). The van der Waals surface area contributed by atoms with Crippen LogP contribution in [0.1, 0.15) is 50.4 Å². The molecule has 1 amide bonds. The molecular weight excluding hydrogens is 300 g/mol. The first-order valence-corrected chi connectivity index (χ1v) is 8.76. The average Bonchev–Trinajstić information content (AvgIpc) is 3.03. The number of fused-ring (bicyclic) bond motifs is 3. The number of H-pyrrole nitrogens is 1. The predicted molar refractivity (Wildman–Crippen MR) is 95.4 cm³/mol. The monoisotopic (exact) mass is 326 g/mol. The van der Waals surface area contributed by atoms with Gasteiger partial charge >= 0.3 is 0 Å². The molecule has 0 spiro atoms. The molecule has 1 aliphatic carbocycles. The van der Waals surface area contributed by atoms with Gasteiger partial charge in [0, 0.05) is 35.8 Å². The zero-order valence-corrected chi connectivity index (χ0v) is 15.0. The van der Waals surface area contributed by atoms with Crippen LogP contribution in [0.25, 0.3) is 10.9 Å². The van der Waals surface area contributed by atoms with E-state index in [1.165, 1.54) is 6.42 Å². The van der Waals surface area contributed by atoms with Crippen LogP contribution >= 0.6 is 0 Å². The lowest BCUT2D eigenvalue weighted by molar-refractivity contribution is 0.0710. The van der Waals surface area contributed by atoms with Crippen LogP contribution in [0, 0.1) is 10.8 Å². The summed E-state index contributed by atoms with van der Waals surface area (Å²) in [5, 5.41) is 0.978. The van der Waals surface area contributed by atoms with Gasteiger partial charge in [-0.15, -0.1) is 0 Å². The Kier molecular flexibility index (Phi) is 3.25. The number of aromatic nitrogens is 1. The van der Waals surface area contributed by atoms with E-state index in [1.807, 2.05) is 24.4 Å². The molecule has 24 heavy (non-hydrogen) atoms. The second-order valence-corrected chi connectivity index (χ2v) is 8.76. The van der Waals surface area contributed by atoms with Crippen LogP contribution in [0.5, 0.6) is 5.75 Å². The number of methoxy groups -OCH3 is 1. The molecule has 0 radical (unpaired) electrons. The summed E-state index contributed by atoms with van der Waals surface area (Å²) in [5.74, 6) is 0.965. The number of nitrogens with one attached hydrogen (secondary N) is 1. The number of carbonyl (C=O) groups is 1. The fourth-order valence-electron chi connectivity index (χ4n) is 5.26. The van der Waals surface area contributed by atoms with Gasteiger partial charge in [-0.25, -0.2) is 0 Å². The minimum atomic E-state index is 0.165. The van der Waals surface area contributed by atoms with Crippen molar-refractivity contribution in [1.82, 2.24) is 9.88 Å². The van der Waals surface area contributed by atoms with Crippen LogP contribution in [0.15, 0.2) is 24.4 Å². The number of carbonyl (C=O) groups excluding carboxylic acids is 1. The molecule has 1 aliphatic heterocycles. The minimum absolute atomic E-state index is 0.165. The molecule has 2 atom stereocenters. The highest BCUT2D eigenvalue weighted by molar-refractivity contribution is 6.07. The summed E-state index contributed by atoms with van der Waals surface area (Å²) in [5.41, 5.74) is 2.31. The second kappa shape index (κ2) is 5.01. The average molecular weight is 326 g/mol. The number of aromatic amines is 1. The van der Waals surface area contributed by atoms with Gasteiger partial charge in [0.2, 0.25) is 0 Å². The lowest BCUT2D eigenvalue weighted by Crippen LogP contribution is -2.37. The van der Waals surface area contributed by atoms with Crippen molar-refractivity contribution in [3.8, 4) is 5.75 Å². The maximum Gasteiger partial charge on any atom is 0.256 e. The fourth-order valence-corrected chi connectivity index (χ4v) is 5.26. The molecule has 2 heterocycles. The molecule has 1 saturated carbocycles. The molecule has 1 aromatic heterocycles. The molecule has 1 aromatic carbocycles. The van der Waals surface area contributed by atoms with E-state index in [-0.39, 0.29) is 11.3 Å². The van der Waals surface area contributed by atoms with Gasteiger partial charge in [-0.1, -0.05) is 20.8 Å². The normalized spacial score (nSPS) is 28.3. The third-order valence-electron chi connectivity index (χ3n) is 5.79. The number of hydrogen-bond donors (Lipinski definition) is 1. The number of nitrogens with zero attached hydrogens (tertiary/aromatic N) is 1. The third kappa shape index (κ3) is 2.40. The third-order valence-corrected chi connectivity index (χ3v) is 5.79. The van der Waals surface area contributed by atoms with Crippen molar-refractivity contribution in [3.05, 3.63) is 30.0 Å². The van der Waals surface area contributed by atoms with E-state index in [2.05, 4.69) is 30.7 Å². The van der Waals surface area contributed by atoms with Gasteiger partial charge in [0.1, 0.15) is 5.75 Å². The van der Waals surface area contributed by atoms with Crippen molar-refractivity contribution in [1.29, 1.82) is 0 Å². The Hall–Kier alpha value is -1.97. The summed E-state index contributed by atoms with van der Waals surface area (Å²) in [6, 6.07) is 6.21. The van der Waals surface area contributed by atoms with Crippen molar-refractivity contribution in [2.45, 2.75) is 46.1 Å². The second-order valence-electron chi connectivity index (χ2n) is 8.76. The van der Waals surface area contributed by atoms with Crippen LogP contribution < -0.4 is 4.74 Å². The van der Waals surface area contributed by atoms with E-state index < -0.39 is 0 Å². The number of rotatable bonds is 2. The largest absolute Gasteiger partial charge is 0.497 e. The van der Waals surface area contributed by atoms with Gasteiger partial charge in [-0.3, -0.25) is 4.79 Å². The number of hydrogen-bond acceptors (Lipinski definition) is 2. The predicted octanol–water partition coefficient (Wildman–Crippen LogP) is 4.22. The van der Waals surface area contributed by atoms with Crippen LogP contribution in [0.2, 0.25) is 0 Å². The molecule has 2 bridgehead atoms. The molecular formula is C20H26N2O2. The van der Waals surface area contributed by atoms with Crippen LogP contribution in [-0.2, 0) is 0 Å². The maximum atomic E-state index is 13.2. The molecule has 4 nitrogen and oxygen atoms in total. The van der Waals surface area contributed by atoms with Crippen molar-refractivity contribution >= 4 is 16.8 Å². The standard InChI is InChI=1S/C20H26N2O2/c1-19(2)8-13-9-20(3,11-19)12-22(13)18(23)16-10-21-17-7-14(24-4)5-6-15(16)17/h5-7,10,13,21H,8-9,11-12H2,1-4H3. The van der Waals surface area contributed by atoms with Crippen LogP contribution in [0.4, 0.5) is 0 Å². The summed E-state index contributed by atoms with van der Waals surface area (Å²) in [6.45, 7) is 7.89. The highest BCUT2D eigenvalue weighted by Gasteiger charge is 2.51. The lowest BCUT2D eigenvalue weighted by atomic mass is 9.65. The van der Waals surface area contributed by atoms with Gasteiger partial charge in [-0.05, 0) is 42.2 Å². The van der Waals surface area contributed by atoms with E-state index in [4.69, 9.17) is 4.74 Å². The van der Waals surface area contributed by atoms with Crippen molar-refractivity contribution in [2.24, 2.45) is 10.8 Å². The smallest absolute Gasteiger partial charge is 0.256 e. The van der Waals surface area contributed by atoms with Crippen LogP contribution in [-0.4, -0.2) is 35.5 Å². The lowest BCUT2D eigenvalue weighted by Gasteiger charge is -2.39. The summed E-state index contributed by atoms with van der Waals surface area (Å²) in [4.78, 5) is 18.6. The Balaban J connectivity index is 1.67. The van der Waals surface area contributed by atoms with Crippen LogP contribution in [0.3, 0.4) is 0 Å². The number of amides is 1. The summed E-state index contributed by atoms with van der Waals surface area (Å²) < 4.78 is 5.27. The molecule has 128 valence electrons.